The van der Waals surface area contributed by atoms with E-state index < -0.39 is 0 Å². The molecule has 0 aliphatic carbocycles. The number of nitrogens with zero attached hydrogens (tertiary/aromatic N) is 1. The highest BCUT2D eigenvalue weighted by atomic mass is 16.5. The zero-order valence-corrected chi connectivity index (χ0v) is 13.2. The Morgan fingerprint density at radius 1 is 1.24 bits per heavy atom. The lowest BCUT2D eigenvalue weighted by molar-refractivity contribution is 0.00598. The molecule has 2 heterocycles. The van der Waals surface area contributed by atoms with Gasteiger partial charge in [-0.05, 0) is 44.2 Å². The third-order valence-electron chi connectivity index (χ3n) is 4.69. The summed E-state index contributed by atoms with van der Waals surface area (Å²) in [5.41, 5.74) is 2.69. The van der Waals surface area contributed by atoms with Crippen LogP contribution >= 0.6 is 0 Å². The van der Waals surface area contributed by atoms with Crippen molar-refractivity contribution in [3.05, 3.63) is 24.3 Å². The first-order valence-corrected chi connectivity index (χ1v) is 8.59. The minimum atomic E-state index is 0.445. The molecule has 0 saturated carbocycles. The Morgan fingerprint density at radius 2 is 2.05 bits per heavy atom. The van der Waals surface area contributed by atoms with Gasteiger partial charge in [0.25, 0.3) is 0 Å². The van der Waals surface area contributed by atoms with Gasteiger partial charge >= 0.3 is 0 Å². The van der Waals surface area contributed by atoms with Crippen LogP contribution in [0.3, 0.4) is 0 Å². The van der Waals surface area contributed by atoms with Gasteiger partial charge in [0.15, 0.2) is 0 Å². The zero-order chi connectivity index (χ0) is 14.5. The molecule has 0 aromatic heterocycles. The van der Waals surface area contributed by atoms with Crippen LogP contribution in [0.1, 0.15) is 45.4 Å². The van der Waals surface area contributed by atoms with Crippen LogP contribution in [0.5, 0.6) is 0 Å². The first-order chi connectivity index (χ1) is 10.4. The van der Waals surface area contributed by atoms with Gasteiger partial charge in [0.05, 0.1) is 17.5 Å². The van der Waals surface area contributed by atoms with Gasteiger partial charge in [-0.15, -0.1) is 0 Å². The summed E-state index contributed by atoms with van der Waals surface area (Å²) in [4.78, 5) is 2.52. The number of rotatable bonds is 5. The summed E-state index contributed by atoms with van der Waals surface area (Å²) >= 11 is 0. The van der Waals surface area contributed by atoms with Gasteiger partial charge in [0.1, 0.15) is 0 Å². The maximum absolute atomic E-state index is 5.87. The molecule has 1 aromatic rings. The van der Waals surface area contributed by atoms with Crippen molar-refractivity contribution in [2.45, 2.75) is 57.6 Å². The normalized spacial score (nSPS) is 26.0. The third-order valence-corrected chi connectivity index (χ3v) is 4.69. The number of benzene rings is 1. The molecule has 21 heavy (non-hydrogen) atoms. The molecule has 1 aromatic carbocycles. The fourth-order valence-corrected chi connectivity index (χ4v) is 3.58. The van der Waals surface area contributed by atoms with Crippen molar-refractivity contribution >= 4 is 11.4 Å². The van der Waals surface area contributed by atoms with E-state index in [9.17, 15) is 0 Å². The Bertz CT molecular complexity index is 441. The summed E-state index contributed by atoms with van der Waals surface area (Å²) in [6.07, 6.45) is 7.75. The Labute approximate surface area is 128 Å². The smallest absolute Gasteiger partial charge is 0.0602 e. The molecular formula is C18H28N2O. The quantitative estimate of drug-likeness (QED) is 0.884. The summed E-state index contributed by atoms with van der Waals surface area (Å²) in [6, 6.07) is 9.35. The Balaban J connectivity index is 1.66. The Kier molecular flexibility index (Phi) is 5.02. The molecule has 0 spiro atoms. The van der Waals surface area contributed by atoms with E-state index >= 15 is 0 Å². The van der Waals surface area contributed by atoms with Crippen LogP contribution in [0.25, 0.3) is 0 Å². The minimum Gasteiger partial charge on any atom is -0.380 e. The van der Waals surface area contributed by atoms with Crippen LogP contribution in [-0.2, 0) is 4.74 Å². The maximum Gasteiger partial charge on any atom is 0.0602 e. The molecule has 0 amide bonds. The van der Waals surface area contributed by atoms with Crippen LogP contribution in [0.15, 0.2) is 24.3 Å². The molecule has 0 radical (unpaired) electrons. The highest BCUT2D eigenvalue weighted by Gasteiger charge is 2.23. The van der Waals surface area contributed by atoms with Gasteiger partial charge in [-0.2, -0.15) is 0 Å². The average molecular weight is 288 g/mol. The van der Waals surface area contributed by atoms with Crippen molar-refractivity contribution in [3.8, 4) is 0 Å². The molecule has 3 rings (SSSR count). The van der Waals surface area contributed by atoms with Crippen LogP contribution in [-0.4, -0.2) is 31.8 Å². The Morgan fingerprint density at radius 3 is 2.86 bits per heavy atom. The van der Waals surface area contributed by atoms with E-state index in [0.29, 0.717) is 12.1 Å². The molecule has 1 N–H and O–H groups in total. The molecule has 2 atom stereocenters. The summed E-state index contributed by atoms with van der Waals surface area (Å²) in [7, 11) is 0. The summed E-state index contributed by atoms with van der Waals surface area (Å²) < 4.78 is 5.87. The molecule has 2 aliphatic heterocycles. The molecular weight excluding hydrogens is 260 g/mol. The van der Waals surface area contributed by atoms with Crippen LogP contribution < -0.4 is 10.2 Å². The Hall–Kier alpha value is -1.22. The molecule has 2 saturated heterocycles. The molecule has 3 heteroatoms. The number of hydrogen-bond donors (Lipinski definition) is 1. The summed E-state index contributed by atoms with van der Waals surface area (Å²) in [6.45, 7) is 5.53. The van der Waals surface area contributed by atoms with Crippen molar-refractivity contribution in [2.24, 2.45) is 0 Å². The SMILES string of the molecule is CCCC1CC(Nc2ccccc2N2CCCC2)CCO1. The number of para-hydroxylation sites is 2. The number of nitrogens with one attached hydrogen (secondary N) is 1. The van der Waals surface area contributed by atoms with Crippen molar-refractivity contribution in [1.29, 1.82) is 0 Å². The van der Waals surface area contributed by atoms with Gasteiger partial charge in [0, 0.05) is 25.7 Å². The maximum atomic E-state index is 5.87. The monoisotopic (exact) mass is 288 g/mol. The van der Waals surface area contributed by atoms with Gasteiger partial charge < -0.3 is 15.0 Å². The highest BCUT2D eigenvalue weighted by molar-refractivity contribution is 5.70. The molecule has 0 bridgehead atoms. The first-order valence-electron chi connectivity index (χ1n) is 8.59. The molecule has 2 unspecified atom stereocenters. The standard InChI is InChI=1S/C18H28N2O/c1-2-7-16-14-15(10-13-21-16)19-17-8-3-4-9-18(17)20-11-5-6-12-20/h3-4,8-9,15-16,19H,2,5-7,10-14H2,1H3. The van der Waals surface area contributed by atoms with Gasteiger partial charge in [-0.1, -0.05) is 25.5 Å². The van der Waals surface area contributed by atoms with E-state index in [1.807, 2.05) is 0 Å². The summed E-state index contributed by atoms with van der Waals surface area (Å²) in [5, 5.41) is 3.79. The van der Waals surface area contributed by atoms with Crippen molar-refractivity contribution in [3.63, 3.8) is 0 Å². The van der Waals surface area contributed by atoms with Crippen LogP contribution in [0.4, 0.5) is 11.4 Å². The van der Waals surface area contributed by atoms with Crippen molar-refractivity contribution in [1.82, 2.24) is 0 Å². The van der Waals surface area contributed by atoms with E-state index in [4.69, 9.17) is 4.74 Å². The van der Waals surface area contributed by atoms with E-state index in [1.54, 1.807) is 0 Å². The number of hydrogen-bond acceptors (Lipinski definition) is 3. The first kappa shape index (κ1) is 14.7. The highest BCUT2D eigenvalue weighted by Crippen LogP contribution is 2.31. The van der Waals surface area contributed by atoms with Crippen LogP contribution in [0, 0.1) is 0 Å². The molecule has 2 fully saturated rings. The third kappa shape index (κ3) is 3.70. The van der Waals surface area contributed by atoms with Crippen molar-refractivity contribution in [2.75, 3.05) is 29.9 Å². The second kappa shape index (κ2) is 7.17. The number of ether oxygens (including phenoxy) is 1. The average Bonchev–Trinajstić information content (AvgIpc) is 3.03. The fraction of sp³-hybridized carbons (Fsp3) is 0.667. The molecule has 2 aliphatic rings. The lowest BCUT2D eigenvalue weighted by atomic mass is 9.99. The number of anilines is 2. The fourth-order valence-electron chi connectivity index (χ4n) is 3.58. The predicted molar refractivity (Wildman–Crippen MR) is 89.2 cm³/mol. The van der Waals surface area contributed by atoms with E-state index in [2.05, 4.69) is 41.4 Å². The topological polar surface area (TPSA) is 24.5 Å². The van der Waals surface area contributed by atoms with Gasteiger partial charge in [-0.3, -0.25) is 0 Å². The summed E-state index contributed by atoms with van der Waals surface area (Å²) in [5.74, 6) is 0. The molecule has 116 valence electrons. The van der Waals surface area contributed by atoms with Crippen molar-refractivity contribution < 1.29 is 4.74 Å². The van der Waals surface area contributed by atoms with Crippen LogP contribution in [0.2, 0.25) is 0 Å². The molecule has 3 nitrogen and oxygen atoms in total. The largest absolute Gasteiger partial charge is 0.380 e. The van der Waals surface area contributed by atoms with E-state index in [0.717, 1.165) is 19.4 Å². The second-order valence-electron chi connectivity index (χ2n) is 6.36. The van der Waals surface area contributed by atoms with Gasteiger partial charge in [0.2, 0.25) is 0 Å². The lowest BCUT2D eigenvalue weighted by Gasteiger charge is -2.32. The van der Waals surface area contributed by atoms with Gasteiger partial charge in [-0.25, -0.2) is 0 Å². The minimum absolute atomic E-state index is 0.445. The predicted octanol–water partition coefficient (Wildman–Crippen LogP) is 4.05. The lowest BCUT2D eigenvalue weighted by Crippen LogP contribution is -2.34. The zero-order valence-electron chi connectivity index (χ0n) is 13.2. The van der Waals surface area contributed by atoms with E-state index in [-0.39, 0.29) is 0 Å². The second-order valence-corrected chi connectivity index (χ2v) is 6.36. The van der Waals surface area contributed by atoms with E-state index in [1.165, 1.54) is 50.1 Å².